The molecule has 1 aliphatic rings. The molecule has 1 aromatic carbocycles. The number of hydrogen-bond donors (Lipinski definition) is 0. The number of nitrogens with zero attached hydrogens (tertiary/aromatic N) is 3. The number of amides is 1. The number of nitriles is 1. The van der Waals surface area contributed by atoms with Crippen molar-refractivity contribution >= 4 is 5.91 Å². The van der Waals surface area contributed by atoms with Crippen LogP contribution in [0.25, 0.3) is 0 Å². The zero-order chi connectivity index (χ0) is 15.8. The van der Waals surface area contributed by atoms with E-state index in [1.807, 2.05) is 16.8 Å². The smallest absolute Gasteiger partial charge is 0.236 e. The molecular formula is C16H21N3O3. The van der Waals surface area contributed by atoms with Crippen LogP contribution in [0, 0.1) is 11.3 Å². The first kappa shape index (κ1) is 16.3. The van der Waals surface area contributed by atoms with Gasteiger partial charge in [-0.1, -0.05) is 0 Å². The van der Waals surface area contributed by atoms with Crippen molar-refractivity contribution in [2.24, 2.45) is 0 Å². The molecule has 0 N–H and O–H groups in total. The number of carbonyl (C=O) groups is 1. The van der Waals surface area contributed by atoms with E-state index in [4.69, 9.17) is 14.7 Å². The number of rotatable bonds is 6. The molecule has 6 heteroatoms. The van der Waals surface area contributed by atoms with Gasteiger partial charge in [-0.15, -0.1) is 0 Å². The topological polar surface area (TPSA) is 65.8 Å². The van der Waals surface area contributed by atoms with Gasteiger partial charge in [0.25, 0.3) is 0 Å². The van der Waals surface area contributed by atoms with Crippen LogP contribution in [0.2, 0.25) is 0 Å². The molecule has 1 amide bonds. The van der Waals surface area contributed by atoms with Crippen molar-refractivity contribution in [3.8, 4) is 11.8 Å². The van der Waals surface area contributed by atoms with Gasteiger partial charge in [0.2, 0.25) is 5.91 Å². The molecule has 0 bridgehead atoms. The second kappa shape index (κ2) is 8.37. The lowest BCUT2D eigenvalue weighted by Gasteiger charge is -2.28. The quantitative estimate of drug-likeness (QED) is 0.775. The number of carbonyl (C=O) groups excluding carboxylic acids is 1. The minimum atomic E-state index is 0.129. The Morgan fingerprint density at radius 3 is 2.68 bits per heavy atom. The standard InChI is InChI=1S/C16H21N3O3/c1-18(13-16(20)19-7-9-21-10-8-19)6-11-22-15-4-2-14(12-17)3-5-15/h2-5H,6-11,13H2,1H3. The molecule has 0 atom stereocenters. The second-order valence-corrected chi connectivity index (χ2v) is 5.22. The lowest BCUT2D eigenvalue weighted by molar-refractivity contribution is -0.136. The second-order valence-electron chi connectivity index (χ2n) is 5.22. The van der Waals surface area contributed by atoms with Crippen molar-refractivity contribution in [1.29, 1.82) is 5.26 Å². The summed E-state index contributed by atoms with van der Waals surface area (Å²) >= 11 is 0. The molecule has 0 radical (unpaired) electrons. The Hall–Kier alpha value is -2.10. The molecule has 1 fully saturated rings. The highest BCUT2D eigenvalue weighted by atomic mass is 16.5. The van der Waals surface area contributed by atoms with Crippen LogP contribution >= 0.6 is 0 Å². The molecule has 22 heavy (non-hydrogen) atoms. The highest BCUT2D eigenvalue weighted by molar-refractivity contribution is 5.78. The van der Waals surface area contributed by atoms with E-state index in [1.165, 1.54) is 0 Å². The number of hydrogen-bond acceptors (Lipinski definition) is 5. The zero-order valence-corrected chi connectivity index (χ0v) is 12.8. The molecular weight excluding hydrogens is 282 g/mol. The summed E-state index contributed by atoms with van der Waals surface area (Å²) < 4.78 is 10.8. The van der Waals surface area contributed by atoms with Crippen molar-refractivity contribution in [2.45, 2.75) is 0 Å². The van der Waals surface area contributed by atoms with E-state index in [0.717, 1.165) is 5.75 Å². The van der Waals surface area contributed by atoms with Crippen LogP contribution in [0.4, 0.5) is 0 Å². The van der Waals surface area contributed by atoms with Crippen LogP contribution < -0.4 is 4.74 Å². The fourth-order valence-corrected chi connectivity index (χ4v) is 2.17. The monoisotopic (exact) mass is 303 g/mol. The van der Waals surface area contributed by atoms with Crippen LogP contribution in [-0.2, 0) is 9.53 Å². The number of benzene rings is 1. The Balaban J connectivity index is 1.67. The number of morpholine rings is 1. The van der Waals surface area contributed by atoms with Crippen LogP contribution in [0.3, 0.4) is 0 Å². The minimum Gasteiger partial charge on any atom is -0.492 e. The van der Waals surface area contributed by atoms with Crippen molar-refractivity contribution in [3.05, 3.63) is 29.8 Å². The third-order valence-corrected chi connectivity index (χ3v) is 3.49. The Morgan fingerprint density at radius 2 is 2.05 bits per heavy atom. The normalized spacial score (nSPS) is 14.7. The van der Waals surface area contributed by atoms with Gasteiger partial charge in [-0.2, -0.15) is 5.26 Å². The molecule has 6 nitrogen and oxygen atoms in total. The first-order chi connectivity index (χ1) is 10.7. The van der Waals surface area contributed by atoms with E-state index in [-0.39, 0.29) is 5.91 Å². The molecule has 0 saturated carbocycles. The highest BCUT2D eigenvalue weighted by Gasteiger charge is 2.17. The summed E-state index contributed by atoms with van der Waals surface area (Å²) in [6, 6.07) is 9.06. The van der Waals surface area contributed by atoms with E-state index in [1.54, 1.807) is 24.3 Å². The third kappa shape index (κ3) is 5.02. The van der Waals surface area contributed by atoms with Gasteiger partial charge >= 0.3 is 0 Å². The van der Waals surface area contributed by atoms with Crippen LogP contribution in [0.15, 0.2) is 24.3 Å². The van der Waals surface area contributed by atoms with E-state index >= 15 is 0 Å². The van der Waals surface area contributed by atoms with Gasteiger partial charge in [0, 0.05) is 19.6 Å². The first-order valence-electron chi connectivity index (χ1n) is 7.36. The van der Waals surface area contributed by atoms with E-state index in [2.05, 4.69) is 6.07 Å². The minimum absolute atomic E-state index is 0.129. The Bertz CT molecular complexity index is 518. The average molecular weight is 303 g/mol. The Kier molecular flexibility index (Phi) is 6.19. The lowest BCUT2D eigenvalue weighted by atomic mass is 10.2. The molecule has 1 heterocycles. The molecule has 0 spiro atoms. The largest absolute Gasteiger partial charge is 0.492 e. The third-order valence-electron chi connectivity index (χ3n) is 3.49. The molecule has 0 unspecified atom stereocenters. The summed E-state index contributed by atoms with van der Waals surface area (Å²) in [5, 5.41) is 8.73. The predicted octanol–water partition coefficient (Wildman–Crippen LogP) is 0.728. The van der Waals surface area contributed by atoms with E-state index < -0.39 is 0 Å². The summed E-state index contributed by atoms with van der Waals surface area (Å²) in [6.45, 7) is 4.14. The summed E-state index contributed by atoms with van der Waals surface area (Å²) in [5.41, 5.74) is 0.612. The molecule has 1 aromatic rings. The van der Waals surface area contributed by atoms with Crippen molar-refractivity contribution < 1.29 is 14.3 Å². The van der Waals surface area contributed by atoms with Crippen LogP contribution in [-0.4, -0.2) is 68.8 Å². The van der Waals surface area contributed by atoms with Crippen LogP contribution in [0.1, 0.15) is 5.56 Å². The maximum Gasteiger partial charge on any atom is 0.236 e. The maximum atomic E-state index is 12.1. The molecule has 1 aliphatic heterocycles. The number of ether oxygens (including phenoxy) is 2. The molecule has 0 aromatic heterocycles. The zero-order valence-electron chi connectivity index (χ0n) is 12.8. The fourth-order valence-electron chi connectivity index (χ4n) is 2.17. The summed E-state index contributed by atoms with van der Waals surface area (Å²) in [7, 11) is 1.90. The van der Waals surface area contributed by atoms with Crippen LogP contribution in [0.5, 0.6) is 5.75 Å². The van der Waals surface area contributed by atoms with Crippen molar-refractivity contribution in [1.82, 2.24) is 9.80 Å². The summed E-state index contributed by atoms with van der Waals surface area (Å²) in [5.74, 6) is 0.857. The fraction of sp³-hybridized carbons (Fsp3) is 0.500. The van der Waals surface area contributed by atoms with Gasteiger partial charge in [0.1, 0.15) is 12.4 Å². The Labute approximate surface area is 130 Å². The number of likely N-dealkylation sites (N-methyl/N-ethyl adjacent to an activating group) is 1. The highest BCUT2D eigenvalue weighted by Crippen LogP contribution is 2.11. The SMILES string of the molecule is CN(CCOc1ccc(C#N)cc1)CC(=O)N1CCOCC1. The van der Waals surface area contributed by atoms with Gasteiger partial charge in [0.05, 0.1) is 31.4 Å². The lowest BCUT2D eigenvalue weighted by Crippen LogP contribution is -2.45. The van der Waals surface area contributed by atoms with Crippen molar-refractivity contribution in [3.63, 3.8) is 0 Å². The summed E-state index contributed by atoms with van der Waals surface area (Å²) in [6.07, 6.45) is 0. The van der Waals surface area contributed by atoms with Gasteiger partial charge in [-0.3, -0.25) is 9.69 Å². The Morgan fingerprint density at radius 1 is 1.36 bits per heavy atom. The van der Waals surface area contributed by atoms with Gasteiger partial charge in [0.15, 0.2) is 0 Å². The summed E-state index contributed by atoms with van der Waals surface area (Å²) in [4.78, 5) is 15.9. The predicted molar refractivity (Wildman–Crippen MR) is 81.5 cm³/mol. The van der Waals surface area contributed by atoms with Gasteiger partial charge in [-0.05, 0) is 31.3 Å². The van der Waals surface area contributed by atoms with E-state index in [0.29, 0.717) is 51.6 Å². The maximum absolute atomic E-state index is 12.1. The van der Waals surface area contributed by atoms with Gasteiger partial charge in [-0.25, -0.2) is 0 Å². The average Bonchev–Trinajstić information content (AvgIpc) is 2.56. The van der Waals surface area contributed by atoms with Gasteiger partial charge < -0.3 is 14.4 Å². The molecule has 2 rings (SSSR count). The molecule has 0 aliphatic carbocycles. The molecule has 1 saturated heterocycles. The first-order valence-corrected chi connectivity index (χ1v) is 7.36. The van der Waals surface area contributed by atoms with Crippen molar-refractivity contribution in [2.75, 3.05) is 53.0 Å². The van der Waals surface area contributed by atoms with E-state index in [9.17, 15) is 4.79 Å². The molecule has 118 valence electrons.